The van der Waals surface area contributed by atoms with E-state index in [9.17, 15) is 9.90 Å². The molecule has 18 heavy (non-hydrogen) atoms. The summed E-state index contributed by atoms with van der Waals surface area (Å²) in [6.07, 6.45) is 7.51. The molecule has 0 fully saturated rings. The first kappa shape index (κ1) is 14.7. The number of hydrogen-bond acceptors (Lipinski definition) is 2. The third kappa shape index (κ3) is 4.86. The molecular weight excluding hydrogens is 226 g/mol. The average Bonchev–Trinajstić information content (AvgIpc) is 2.34. The first-order chi connectivity index (χ1) is 8.67. The average molecular weight is 249 g/mol. The van der Waals surface area contributed by atoms with E-state index >= 15 is 0 Å². The molecule has 0 N–H and O–H groups in total. The fourth-order valence-corrected chi connectivity index (χ4v) is 2.01. The molecule has 0 saturated heterocycles. The molecule has 0 atom stereocenters. The Morgan fingerprint density at radius 2 is 2.00 bits per heavy atom. The van der Waals surface area contributed by atoms with Gasteiger partial charge in [0.1, 0.15) is 6.54 Å². The highest BCUT2D eigenvalue weighted by Crippen LogP contribution is 2.06. The lowest BCUT2D eigenvalue weighted by Crippen LogP contribution is -2.41. The molecule has 0 aliphatic heterocycles. The summed E-state index contributed by atoms with van der Waals surface area (Å²) in [5, 5.41) is 10.8. The molecular formula is C15H23NO2. The van der Waals surface area contributed by atoms with Gasteiger partial charge in [0.2, 0.25) is 0 Å². The predicted octanol–water partition coefficient (Wildman–Crippen LogP) is 1.41. The van der Waals surface area contributed by atoms with Crippen LogP contribution in [-0.4, -0.2) is 5.97 Å². The van der Waals surface area contributed by atoms with Crippen molar-refractivity contribution in [2.75, 3.05) is 0 Å². The van der Waals surface area contributed by atoms with E-state index in [4.69, 9.17) is 0 Å². The molecule has 3 heteroatoms. The van der Waals surface area contributed by atoms with Gasteiger partial charge in [-0.1, -0.05) is 26.7 Å². The molecule has 3 nitrogen and oxygen atoms in total. The Balaban J connectivity index is 2.85. The summed E-state index contributed by atoms with van der Waals surface area (Å²) in [5.41, 5.74) is 2.08. The van der Waals surface area contributed by atoms with Crippen molar-refractivity contribution in [2.24, 2.45) is 0 Å². The second-order valence-corrected chi connectivity index (χ2v) is 4.73. The van der Waals surface area contributed by atoms with Crippen LogP contribution in [0.5, 0.6) is 0 Å². The lowest BCUT2D eigenvalue weighted by Gasteiger charge is -2.07. The van der Waals surface area contributed by atoms with Gasteiger partial charge in [-0.3, -0.25) is 0 Å². The lowest BCUT2D eigenvalue weighted by molar-refractivity contribution is -0.704. The van der Waals surface area contributed by atoms with Crippen LogP contribution < -0.4 is 9.67 Å². The van der Waals surface area contributed by atoms with Crippen LogP contribution in [0.4, 0.5) is 0 Å². The second-order valence-electron chi connectivity index (χ2n) is 4.73. The topological polar surface area (TPSA) is 44.0 Å². The zero-order chi connectivity index (χ0) is 13.4. The standard InChI is InChI=1S/C15H23NO2/c1-3-5-7-13-8-10-16(9-6-4-2)14(11-13)12-15(17)18/h8,10-11H,3-7,9,12H2,1-2H3. The Bertz CT molecular complexity index is 388. The molecule has 0 bridgehead atoms. The Morgan fingerprint density at radius 3 is 2.61 bits per heavy atom. The minimum absolute atomic E-state index is 0.00365. The minimum atomic E-state index is -1.01. The molecule has 1 aromatic heterocycles. The first-order valence-corrected chi connectivity index (χ1v) is 6.88. The molecule has 1 aromatic rings. The quantitative estimate of drug-likeness (QED) is 0.654. The molecule has 0 aromatic carbocycles. The van der Waals surface area contributed by atoms with E-state index in [0.717, 1.165) is 44.3 Å². The highest BCUT2D eigenvalue weighted by molar-refractivity contribution is 5.66. The smallest absolute Gasteiger partial charge is 0.187 e. The Hall–Kier alpha value is -1.38. The number of rotatable bonds is 8. The number of carboxylic acids is 1. The van der Waals surface area contributed by atoms with Crippen LogP contribution in [0.2, 0.25) is 0 Å². The number of pyridine rings is 1. The fourth-order valence-electron chi connectivity index (χ4n) is 2.01. The van der Waals surface area contributed by atoms with E-state index in [1.807, 2.05) is 16.8 Å². The van der Waals surface area contributed by atoms with E-state index in [1.54, 1.807) is 0 Å². The van der Waals surface area contributed by atoms with Crippen LogP contribution in [-0.2, 0) is 24.2 Å². The van der Waals surface area contributed by atoms with Crippen molar-refractivity contribution in [2.45, 2.75) is 58.9 Å². The normalized spacial score (nSPS) is 10.6. The SMILES string of the molecule is CCCCc1cc[n+](CCCC)c(CC(=O)[O-])c1. The largest absolute Gasteiger partial charge is 0.550 e. The Labute approximate surface area is 109 Å². The van der Waals surface area contributed by atoms with Gasteiger partial charge >= 0.3 is 0 Å². The number of nitrogens with zero attached hydrogens (tertiary/aromatic N) is 1. The third-order valence-corrected chi connectivity index (χ3v) is 3.09. The predicted molar refractivity (Wildman–Crippen MR) is 68.9 cm³/mol. The zero-order valence-electron chi connectivity index (χ0n) is 11.4. The maximum atomic E-state index is 10.8. The number of aryl methyl sites for hydroxylation is 2. The van der Waals surface area contributed by atoms with Gasteiger partial charge in [0.05, 0.1) is 12.4 Å². The van der Waals surface area contributed by atoms with E-state index < -0.39 is 5.97 Å². The van der Waals surface area contributed by atoms with E-state index in [-0.39, 0.29) is 6.42 Å². The van der Waals surface area contributed by atoms with Crippen LogP contribution in [0.25, 0.3) is 0 Å². The zero-order valence-corrected chi connectivity index (χ0v) is 11.4. The highest BCUT2D eigenvalue weighted by atomic mass is 16.4. The molecule has 0 aliphatic rings. The van der Waals surface area contributed by atoms with Crippen molar-refractivity contribution >= 4 is 5.97 Å². The van der Waals surface area contributed by atoms with Crippen LogP contribution in [0.1, 0.15) is 50.8 Å². The Morgan fingerprint density at radius 1 is 1.28 bits per heavy atom. The third-order valence-electron chi connectivity index (χ3n) is 3.09. The van der Waals surface area contributed by atoms with Crippen molar-refractivity contribution in [1.82, 2.24) is 0 Å². The first-order valence-electron chi connectivity index (χ1n) is 6.88. The van der Waals surface area contributed by atoms with Crippen LogP contribution in [0.15, 0.2) is 18.3 Å². The fraction of sp³-hybridized carbons (Fsp3) is 0.600. The maximum absolute atomic E-state index is 10.8. The highest BCUT2D eigenvalue weighted by Gasteiger charge is 2.11. The molecule has 0 radical (unpaired) electrons. The van der Waals surface area contributed by atoms with Gasteiger partial charge in [-0.2, -0.15) is 0 Å². The number of unbranched alkanes of at least 4 members (excludes halogenated alkanes) is 2. The molecule has 0 unspecified atom stereocenters. The van der Waals surface area contributed by atoms with Crippen LogP contribution in [0, 0.1) is 0 Å². The van der Waals surface area contributed by atoms with E-state index in [2.05, 4.69) is 19.9 Å². The van der Waals surface area contributed by atoms with Gasteiger partial charge in [0.25, 0.3) is 0 Å². The maximum Gasteiger partial charge on any atom is 0.187 e. The summed E-state index contributed by atoms with van der Waals surface area (Å²) < 4.78 is 2.04. The molecule has 100 valence electrons. The molecule has 1 heterocycles. The van der Waals surface area contributed by atoms with Crippen molar-refractivity contribution in [1.29, 1.82) is 0 Å². The number of carbonyl (C=O) groups excluding carboxylic acids is 1. The minimum Gasteiger partial charge on any atom is -0.550 e. The van der Waals surface area contributed by atoms with E-state index in [0.29, 0.717) is 0 Å². The number of aliphatic carboxylic acids is 1. The number of carbonyl (C=O) groups is 1. The summed E-state index contributed by atoms with van der Waals surface area (Å²) in [6, 6.07) is 4.12. The van der Waals surface area contributed by atoms with Gasteiger partial charge in [0, 0.05) is 18.6 Å². The molecule has 0 saturated carbocycles. The summed E-state index contributed by atoms with van der Waals surface area (Å²) >= 11 is 0. The van der Waals surface area contributed by atoms with Crippen molar-refractivity contribution in [3.05, 3.63) is 29.6 Å². The summed E-state index contributed by atoms with van der Waals surface area (Å²) in [7, 11) is 0. The molecule has 0 aliphatic carbocycles. The van der Waals surface area contributed by atoms with Gasteiger partial charge < -0.3 is 9.90 Å². The van der Waals surface area contributed by atoms with Crippen LogP contribution in [0.3, 0.4) is 0 Å². The van der Waals surface area contributed by atoms with Gasteiger partial charge in [-0.25, -0.2) is 4.57 Å². The number of carboxylic acid groups (broad SMARTS) is 1. The van der Waals surface area contributed by atoms with Gasteiger partial charge in [0.15, 0.2) is 11.9 Å². The van der Waals surface area contributed by atoms with Gasteiger partial charge in [-0.05, 0) is 18.4 Å². The Kier molecular flexibility index (Phi) is 6.40. The monoisotopic (exact) mass is 249 g/mol. The number of aromatic nitrogens is 1. The van der Waals surface area contributed by atoms with Crippen molar-refractivity contribution in [3.8, 4) is 0 Å². The van der Waals surface area contributed by atoms with Crippen molar-refractivity contribution in [3.63, 3.8) is 0 Å². The molecule has 1 rings (SSSR count). The molecule has 0 amide bonds. The van der Waals surface area contributed by atoms with Gasteiger partial charge in [-0.15, -0.1) is 0 Å². The summed E-state index contributed by atoms with van der Waals surface area (Å²) in [6.45, 7) is 5.17. The van der Waals surface area contributed by atoms with E-state index in [1.165, 1.54) is 5.56 Å². The second kappa shape index (κ2) is 7.85. The molecule has 0 spiro atoms. The van der Waals surface area contributed by atoms with Crippen LogP contribution >= 0.6 is 0 Å². The van der Waals surface area contributed by atoms with Crippen molar-refractivity contribution < 1.29 is 14.5 Å². The summed E-state index contributed by atoms with van der Waals surface area (Å²) in [5.74, 6) is -1.01. The summed E-state index contributed by atoms with van der Waals surface area (Å²) in [4.78, 5) is 10.8. The number of hydrogen-bond donors (Lipinski definition) is 0. The lowest BCUT2D eigenvalue weighted by atomic mass is 10.1.